The molecule has 1 N–H and O–H groups in total. The van der Waals surface area contributed by atoms with Gasteiger partial charge < -0.3 is 29.0 Å². The van der Waals surface area contributed by atoms with Crippen LogP contribution in [0.25, 0.3) is 0 Å². The molecular formula is C24H25NO6. The minimum Gasteiger partial charge on any atom is -0.493 e. The monoisotopic (exact) mass is 423 g/mol. The maximum absolute atomic E-state index is 12.5. The van der Waals surface area contributed by atoms with Crippen LogP contribution in [0.5, 0.6) is 34.5 Å². The zero-order chi connectivity index (χ0) is 22.2. The molecule has 3 aromatic rings. The van der Waals surface area contributed by atoms with Crippen molar-refractivity contribution in [2.75, 3.05) is 33.8 Å². The number of para-hydroxylation sites is 2. The molecule has 162 valence electrons. The number of amides is 1. The number of ether oxygens (including phenoxy) is 5. The van der Waals surface area contributed by atoms with E-state index in [1.54, 1.807) is 43.5 Å². The van der Waals surface area contributed by atoms with Crippen molar-refractivity contribution in [1.29, 1.82) is 0 Å². The fourth-order valence-corrected chi connectivity index (χ4v) is 3.06. The predicted octanol–water partition coefficient (Wildman–Crippen LogP) is 4.69. The number of carbonyl (C=O) groups is 1. The van der Waals surface area contributed by atoms with Crippen LogP contribution < -0.4 is 29.0 Å². The Kier molecular flexibility index (Phi) is 7.22. The Balaban J connectivity index is 1.66. The van der Waals surface area contributed by atoms with Crippen LogP contribution in [0.15, 0.2) is 60.7 Å². The van der Waals surface area contributed by atoms with E-state index in [9.17, 15) is 4.79 Å². The van der Waals surface area contributed by atoms with Gasteiger partial charge in [0.1, 0.15) is 5.75 Å². The van der Waals surface area contributed by atoms with Gasteiger partial charge in [-0.2, -0.15) is 0 Å². The number of hydrogen-bond donors (Lipinski definition) is 1. The Labute approximate surface area is 181 Å². The highest BCUT2D eigenvalue weighted by Crippen LogP contribution is 2.38. The van der Waals surface area contributed by atoms with Crippen molar-refractivity contribution in [3.8, 4) is 34.5 Å². The highest BCUT2D eigenvalue weighted by molar-refractivity contribution is 5.92. The summed E-state index contributed by atoms with van der Waals surface area (Å²) in [6.45, 7) is 0. The summed E-state index contributed by atoms with van der Waals surface area (Å²) in [5, 5.41) is 2.88. The SMILES string of the molecule is COc1ccccc1Oc1ccc(NC(=O)Cc2cc(OC)c(OC)c(OC)c2)cc1. The Morgan fingerprint density at radius 2 is 1.32 bits per heavy atom. The zero-order valence-electron chi connectivity index (χ0n) is 17.9. The van der Waals surface area contributed by atoms with E-state index in [4.69, 9.17) is 23.7 Å². The molecule has 0 saturated carbocycles. The van der Waals surface area contributed by atoms with Gasteiger partial charge >= 0.3 is 0 Å². The van der Waals surface area contributed by atoms with Gasteiger partial charge in [-0.15, -0.1) is 0 Å². The summed E-state index contributed by atoms with van der Waals surface area (Å²) >= 11 is 0. The summed E-state index contributed by atoms with van der Waals surface area (Å²) in [5.74, 6) is 3.21. The average molecular weight is 423 g/mol. The van der Waals surface area contributed by atoms with E-state index in [-0.39, 0.29) is 12.3 Å². The van der Waals surface area contributed by atoms with Gasteiger partial charge in [-0.3, -0.25) is 4.79 Å². The molecule has 0 aliphatic rings. The maximum atomic E-state index is 12.5. The van der Waals surface area contributed by atoms with Gasteiger partial charge in [-0.05, 0) is 54.1 Å². The molecule has 0 aromatic heterocycles. The summed E-state index contributed by atoms with van der Waals surface area (Å²) in [7, 11) is 6.20. The number of benzene rings is 3. The molecule has 3 rings (SSSR count). The van der Waals surface area contributed by atoms with Gasteiger partial charge in [-0.1, -0.05) is 12.1 Å². The molecule has 7 nitrogen and oxygen atoms in total. The van der Waals surface area contributed by atoms with Crippen molar-refractivity contribution >= 4 is 11.6 Å². The molecule has 0 aliphatic carbocycles. The lowest BCUT2D eigenvalue weighted by atomic mass is 10.1. The van der Waals surface area contributed by atoms with Gasteiger partial charge in [0.25, 0.3) is 0 Å². The van der Waals surface area contributed by atoms with Crippen molar-refractivity contribution in [3.05, 3.63) is 66.2 Å². The van der Waals surface area contributed by atoms with Crippen LogP contribution in [0.4, 0.5) is 5.69 Å². The molecule has 0 saturated heterocycles. The molecule has 0 bridgehead atoms. The van der Waals surface area contributed by atoms with E-state index >= 15 is 0 Å². The summed E-state index contributed by atoms with van der Waals surface area (Å²) in [4.78, 5) is 12.5. The number of carbonyl (C=O) groups excluding carboxylic acids is 1. The first-order valence-corrected chi connectivity index (χ1v) is 9.57. The molecule has 0 heterocycles. The van der Waals surface area contributed by atoms with E-state index in [2.05, 4.69) is 5.32 Å². The van der Waals surface area contributed by atoms with E-state index in [1.165, 1.54) is 21.3 Å². The van der Waals surface area contributed by atoms with Crippen LogP contribution in [-0.4, -0.2) is 34.3 Å². The van der Waals surface area contributed by atoms with Gasteiger partial charge in [0.05, 0.1) is 34.9 Å². The lowest BCUT2D eigenvalue weighted by Gasteiger charge is -2.14. The highest BCUT2D eigenvalue weighted by Gasteiger charge is 2.15. The first kappa shape index (κ1) is 21.8. The number of anilines is 1. The Morgan fingerprint density at radius 3 is 1.87 bits per heavy atom. The van der Waals surface area contributed by atoms with E-state index in [0.29, 0.717) is 40.2 Å². The fraction of sp³-hybridized carbons (Fsp3) is 0.208. The summed E-state index contributed by atoms with van der Waals surface area (Å²) in [6, 6.07) is 18.0. The Bertz CT molecular complexity index is 1010. The molecular weight excluding hydrogens is 398 g/mol. The van der Waals surface area contributed by atoms with Crippen LogP contribution in [0.2, 0.25) is 0 Å². The van der Waals surface area contributed by atoms with Crippen LogP contribution in [0.1, 0.15) is 5.56 Å². The molecule has 0 atom stereocenters. The average Bonchev–Trinajstić information content (AvgIpc) is 2.79. The lowest BCUT2D eigenvalue weighted by molar-refractivity contribution is -0.115. The van der Waals surface area contributed by atoms with Crippen molar-refractivity contribution in [3.63, 3.8) is 0 Å². The molecule has 1 amide bonds. The number of methoxy groups -OCH3 is 4. The third-order valence-corrected chi connectivity index (χ3v) is 4.52. The number of hydrogen-bond acceptors (Lipinski definition) is 6. The second kappa shape index (κ2) is 10.2. The quantitative estimate of drug-likeness (QED) is 0.538. The normalized spacial score (nSPS) is 10.2. The smallest absolute Gasteiger partial charge is 0.228 e. The van der Waals surface area contributed by atoms with Crippen LogP contribution in [-0.2, 0) is 11.2 Å². The largest absolute Gasteiger partial charge is 0.493 e. The van der Waals surface area contributed by atoms with Crippen LogP contribution >= 0.6 is 0 Å². The molecule has 7 heteroatoms. The van der Waals surface area contributed by atoms with Gasteiger partial charge in [0, 0.05) is 5.69 Å². The third kappa shape index (κ3) is 5.39. The topological polar surface area (TPSA) is 75.3 Å². The second-order valence-corrected chi connectivity index (χ2v) is 6.54. The molecule has 0 spiro atoms. The van der Waals surface area contributed by atoms with Crippen molar-refractivity contribution in [2.24, 2.45) is 0 Å². The van der Waals surface area contributed by atoms with E-state index < -0.39 is 0 Å². The lowest BCUT2D eigenvalue weighted by Crippen LogP contribution is -2.14. The van der Waals surface area contributed by atoms with Crippen LogP contribution in [0.3, 0.4) is 0 Å². The van der Waals surface area contributed by atoms with Crippen molar-refractivity contribution in [2.45, 2.75) is 6.42 Å². The molecule has 0 aliphatic heterocycles. The van der Waals surface area contributed by atoms with Gasteiger partial charge in [-0.25, -0.2) is 0 Å². The minimum absolute atomic E-state index is 0.149. The summed E-state index contributed by atoms with van der Waals surface area (Å²) in [6.07, 6.45) is 0.149. The number of nitrogens with one attached hydrogen (secondary N) is 1. The first-order chi connectivity index (χ1) is 15.1. The molecule has 0 fully saturated rings. The Hall–Kier alpha value is -3.87. The molecule has 0 unspecified atom stereocenters. The van der Waals surface area contributed by atoms with E-state index in [1.807, 2.05) is 24.3 Å². The minimum atomic E-state index is -0.173. The van der Waals surface area contributed by atoms with Crippen LogP contribution in [0, 0.1) is 0 Å². The Morgan fingerprint density at radius 1 is 0.742 bits per heavy atom. The van der Waals surface area contributed by atoms with E-state index in [0.717, 1.165) is 5.56 Å². The molecule has 31 heavy (non-hydrogen) atoms. The fourth-order valence-electron chi connectivity index (χ4n) is 3.06. The summed E-state index contributed by atoms with van der Waals surface area (Å²) in [5.41, 5.74) is 1.40. The zero-order valence-corrected chi connectivity index (χ0v) is 17.9. The second-order valence-electron chi connectivity index (χ2n) is 6.54. The molecule has 3 aromatic carbocycles. The predicted molar refractivity (Wildman–Crippen MR) is 118 cm³/mol. The first-order valence-electron chi connectivity index (χ1n) is 9.57. The van der Waals surface area contributed by atoms with Crippen molar-refractivity contribution in [1.82, 2.24) is 0 Å². The maximum Gasteiger partial charge on any atom is 0.228 e. The van der Waals surface area contributed by atoms with Gasteiger partial charge in [0.15, 0.2) is 23.0 Å². The number of rotatable bonds is 9. The summed E-state index contributed by atoms with van der Waals surface area (Å²) < 4.78 is 27.1. The van der Waals surface area contributed by atoms with Crippen molar-refractivity contribution < 1.29 is 28.5 Å². The highest BCUT2D eigenvalue weighted by atomic mass is 16.5. The standard InChI is InChI=1S/C24H25NO6/c1-27-19-7-5-6-8-20(19)31-18-11-9-17(10-12-18)25-23(26)15-16-13-21(28-2)24(30-4)22(14-16)29-3/h5-14H,15H2,1-4H3,(H,25,26). The molecule has 0 radical (unpaired) electrons. The third-order valence-electron chi connectivity index (χ3n) is 4.52. The van der Waals surface area contributed by atoms with Gasteiger partial charge in [0.2, 0.25) is 11.7 Å².